The summed E-state index contributed by atoms with van der Waals surface area (Å²) < 4.78 is 0. The topological polar surface area (TPSA) is 102 Å². The minimum absolute atomic E-state index is 0.143. The molecule has 1 aromatic carbocycles. The quantitative estimate of drug-likeness (QED) is 0.836. The van der Waals surface area contributed by atoms with Gasteiger partial charge in [-0.1, -0.05) is 0 Å². The maximum Gasteiger partial charge on any atom is 0.257 e. The van der Waals surface area contributed by atoms with Gasteiger partial charge in [0.2, 0.25) is 12.4 Å². The summed E-state index contributed by atoms with van der Waals surface area (Å²) in [4.78, 5) is 34.8. The Morgan fingerprint density at radius 3 is 2.32 bits per heavy atom. The highest BCUT2D eigenvalue weighted by atomic mass is 16.2. The standard InChI is InChI=1S/C17H16N6O2/c18-9-13-1-3-15(4-2-13)21-17-19-10-14(11-20-17)16(25)23-7-5-22(12-24)6-8-23/h1-4,10-12H,5-8H2,(H,19,20,21). The van der Waals surface area contributed by atoms with Crippen LogP contribution in [0.2, 0.25) is 0 Å². The zero-order valence-corrected chi connectivity index (χ0v) is 13.4. The van der Waals surface area contributed by atoms with Gasteiger partial charge in [-0.3, -0.25) is 9.59 Å². The van der Waals surface area contributed by atoms with Crippen molar-refractivity contribution in [1.29, 1.82) is 5.26 Å². The van der Waals surface area contributed by atoms with Gasteiger partial charge in [0, 0.05) is 44.3 Å². The number of aromatic nitrogens is 2. The van der Waals surface area contributed by atoms with E-state index in [1.807, 2.05) is 0 Å². The van der Waals surface area contributed by atoms with Gasteiger partial charge in [0.25, 0.3) is 5.91 Å². The summed E-state index contributed by atoms with van der Waals surface area (Å²) in [7, 11) is 0. The Balaban J connectivity index is 1.62. The van der Waals surface area contributed by atoms with Crippen molar-refractivity contribution in [2.75, 3.05) is 31.5 Å². The van der Waals surface area contributed by atoms with Crippen LogP contribution in [0, 0.1) is 11.3 Å². The van der Waals surface area contributed by atoms with Crippen molar-refractivity contribution in [2.45, 2.75) is 0 Å². The molecule has 0 bridgehead atoms. The molecule has 0 radical (unpaired) electrons. The van der Waals surface area contributed by atoms with Crippen molar-refractivity contribution < 1.29 is 9.59 Å². The predicted molar refractivity (Wildman–Crippen MR) is 90.0 cm³/mol. The maximum atomic E-state index is 12.4. The maximum absolute atomic E-state index is 12.4. The van der Waals surface area contributed by atoms with E-state index in [4.69, 9.17) is 5.26 Å². The van der Waals surface area contributed by atoms with Gasteiger partial charge in [0.15, 0.2) is 0 Å². The third-order valence-electron chi connectivity index (χ3n) is 3.92. The second-order valence-corrected chi connectivity index (χ2v) is 5.54. The first-order valence-electron chi connectivity index (χ1n) is 7.77. The molecular formula is C17H16N6O2. The lowest BCUT2D eigenvalue weighted by molar-refractivity contribution is -0.119. The first-order valence-corrected chi connectivity index (χ1v) is 7.77. The summed E-state index contributed by atoms with van der Waals surface area (Å²) in [6, 6.07) is 8.95. The van der Waals surface area contributed by atoms with Gasteiger partial charge in [-0.25, -0.2) is 9.97 Å². The molecule has 0 aliphatic carbocycles. The van der Waals surface area contributed by atoms with E-state index in [1.165, 1.54) is 12.4 Å². The first-order chi connectivity index (χ1) is 12.2. The number of nitrogens with zero attached hydrogens (tertiary/aromatic N) is 5. The number of hydrogen-bond donors (Lipinski definition) is 1. The number of piperazine rings is 1. The number of nitriles is 1. The van der Waals surface area contributed by atoms with E-state index >= 15 is 0 Å². The first kappa shape index (κ1) is 16.4. The number of carbonyl (C=O) groups excluding carboxylic acids is 2. The van der Waals surface area contributed by atoms with E-state index in [0.29, 0.717) is 43.3 Å². The third-order valence-corrected chi connectivity index (χ3v) is 3.92. The third kappa shape index (κ3) is 3.90. The molecule has 0 atom stereocenters. The Kier molecular flexibility index (Phi) is 4.85. The summed E-state index contributed by atoms with van der Waals surface area (Å²) >= 11 is 0. The van der Waals surface area contributed by atoms with Gasteiger partial charge >= 0.3 is 0 Å². The van der Waals surface area contributed by atoms with Gasteiger partial charge in [0.05, 0.1) is 17.2 Å². The van der Waals surface area contributed by atoms with Crippen LogP contribution in [0.5, 0.6) is 0 Å². The summed E-state index contributed by atoms with van der Waals surface area (Å²) in [6.45, 7) is 2.08. The second-order valence-electron chi connectivity index (χ2n) is 5.54. The Morgan fingerprint density at radius 1 is 1.12 bits per heavy atom. The molecule has 25 heavy (non-hydrogen) atoms. The van der Waals surface area contributed by atoms with Crippen LogP contribution in [0.15, 0.2) is 36.7 Å². The van der Waals surface area contributed by atoms with Crippen LogP contribution in [0.3, 0.4) is 0 Å². The normalized spacial score (nSPS) is 13.9. The van der Waals surface area contributed by atoms with Crippen molar-refractivity contribution in [3.63, 3.8) is 0 Å². The van der Waals surface area contributed by atoms with Gasteiger partial charge in [-0.2, -0.15) is 5.26 Å². The minimum Gasteiger partial charge on any atom is -0.342 e. The molecule has 0 unspecified atom stereocenters. The number of nitrogens with one attached hydrogen (secondary N) is 1. The molecule has 1 saturated heterocycles. The molecule has 2 heterocycles. The van der Waals surface area contributed by atoms with Crippen LogP contribution in [-0.4, -0.2) is 58.3 Å². The SMILES string of the molecule is N#Cc1ccc(Nc2ncc(C(=O)N3CCN(C=O)CC3)cn2)cc1. The van der Waals surface area contributed by atoms with E-state index in [-0.39, 0.29) is 5.91 Å². The Hall–Kier alpha value is -3.47. The van der Waals surface area contributed by atoms with Gasteiger partial charge in [0.1, 0.15) is 0 Å². The highest BCUT2D eigenvalue weighted by Crippen LogP contribution is 2.14. The van der Waals surface area contributed by atoms with E-state index in [9.17, 15) is 9.59 Å². The lowest BCUT2D eigenvalue weighted by atomic mass is 10.2. The molecule has 1 aromatic heterocycles. The van der Waals surface area contributed by atoms with Crippen molar-refractivity contribution in [3.8, 4) is 6.07 Å². The average Bonchev–Trinajstić information content (AvgIpc) is 2.69. The fourth-order valence-corrected chi connectivity index (χ4v) is 2.47. The molecular weight excluding hydrogens is 320 g/mol. The smallest absolute Gasteiger partial charge is 0.257 e. The van der Waals surface area contributed by atoms with E-state index in [0.717, 1.165) is 12.1 Å². The van der Waals surface area contributed by atoms with Crippen LogP contribution in [-0.2, 0) is 4.79 Å². The van der Waals surface area contributed by atoms with Crippen molar-refractivity contribution >= 4 is 24.0 Å². The van der Waals surface area contributed by atoms with Gasteiger partial charge < -0.3 is 15.1 Å². The molecule has 1 aliphatic rings. The zero-order chi connectivity index (χ0) is 17.6. The monoisotopic (exact) mass is 336 g/mol. The fraction of sp³-hybridized carbons (Fsp3) is 0.235. The number of hydrogen-bond acceptors (Lipinski definition) is 6. The molecule has 1 aliphatic heterocycles. The Labute approximate surface area is 144 Å². The molecule has 0 saturated carbocycles. The highest BCUT2D eigenvalue weighted by Gasteiger charge is 2.21. The Bertz CT molecular complexity index is 789. The predicted octanol–water partition coefficient (Wildman–Crippen LogP) is 1.01. The van der Waals surface area contributed by atoms with Crippen LogP contribution in [0.4, 0.5) is 11.6 Å². The van der Waals surface area contributed by atoms with E-state index in [2.05, 4.69) is 21.4 Å². The van der Waals surface area contributed by atoms with Gasteiger partial charge in [-0.15, -0.1) is 0 Å². The van der Waals surface area contributed by atoms with E-state index < -0.39 is 0 Å². The average molecular weight is 336 g/mol. The molecule has 126 valence electrons. The van der Waals surface area contributed by atoms with Crippen molar-refractivity contribution in [3.05, 3.63) is 47.8 Å². The molecule has 2 amide bonds. The number of carbonyl (C=O) groups is 2. The van der Waals surface area contributed by atoms with Crippen molar-refractivity contribution in [2.24, 2.45) is 0 Å². The molecule has 2 aromatic rings. The number of anilines is 2. The van der Waals surface area contributed by atoms with Crippen LogP contribution in [0.25, 0.3) is 0 Å². The molecule has 3 rings (SSSR count). The lowest BCUT2D eigenvalue weighted by Gasteiger charge is -2.32. The second kappa shape index (κ2) is 7.40. The van der Waals surface area contributed by atoms with Crippen LogP contribution < -0.4 is 5.32 Å². The largest absolute Gasteiger partial charge is 0.342 e. The molecule has 0 spiro atoms. The van der Waals surface area contributed by atoms with Crippen molar-refractivity contribution in [1.82, 2.24) is 19.8 Å². The highest BCUT2D eigenvalue weighted by molar-refractivity contribution is 5.93. The lowest BCUT2D eigenvalue weighted by Crippen LogP contribution is -2.48. The number of benzene rings is 1. The van der Waals surface area contributed by atoms with Crippen LogP contribution in [0.1, 0.15) is 15.9 Å². The molecule has 1 fully saturated rings. The fourth-order valence-electron chi connectivity index (χ4n) is 2.47. The molecule has 8 heteroatoms. The number of amides is 2. The number of rotatable bonds is 4. The summed E-state index contributed by atoms with van der Waals surface area (Å²) in [5.74, 6) is 0.225. The summed E-state index contributed by atoms with van der Waals surface area (Å²) in [5.41, 5.74) is 1.73. The zero-order valence-electron chi connectivity index (χ0n) is 13.4. The Morgan fingerprint density at radius 2 is 1.76 bits per heavy atom. The molecule has 8 nitrogen and oxygen atoms in total. The van der Waals surface area contributed by atoms with Gasteiger partial charge in [-0.05, 0) is 24.3 Å². The molecule has 1 N–H and O–H groups in total. The summed E-state index contributed by atoms with van der Waals surface area (Å²) in [6.07, 6.45) is 3.76. The minimum atomic E-state index is -0.143. The van der Waals surface area contributed by atoms with E-state index in [1.54, 1.807) is 34.1 Å². The summed E-state index contributed by atoms with van der Waals surface area (Å²) in [5, 5.41) is 11.8. The van der Waals surface area contributed by atoms with Crippen LogP contribution >= 0.6 is 0 Å².